The highest BCUT2D eigenvalue weighted by molar-refractivity contribution is 5.83. The lowest BCUT2D eigenvalue weighted by molar-refractivity contribution is -0.123. The average Bonchev–Trinajstić information content (AvgIpc) is 2.62. The van der Waals surface area contributed by atoms with E-state index < -0.39 is 0 Å². The van der Waals surface area contributed by atoms with Gasteiger partial charge in [-0.1, -0.05) is 31.5 Å². The smallest absolute Gasteiger partial charge is 0.277 e. The molecule has 0 aliphatic rings. The van der Waals surface area contributed by atoms with E-state index in [2.05, 4.69) is 17.5 Å². The molecular weight excluding hydrogens is 304 g/mol. The fraction of sp³-hybridized carbons (Fsp3) is 0.263. The summed E-state index contributed by atoms with van der Waals surface area (Å²) in [5, 5.41) is 3.91. The summed E-state index contributed by atoms with van der Waals surface area (Å²) in [6.45, 7) is 2.77. The third-order valence-electron chi connectivity index (χ3n) is 3.16. The lowest BCUT2D eigenvalue weighted by Crippen LogP contribution is -2.24. The van der Waals surface area contributed by atoms with Crippen LogP contribution in [-0.4, -0.2) is 25.3 Å². The van der Waals surface area contributed by atoms with Crippen LogP contribution in [0.1, 0.15) is 25.3 Å². The van der Waals surface area contributed by atoms with Gasteiger partial charge < -0.3 is 9.47 Å². The van der Waals surface area contributed by atoms with Gasteiger partial charge in [-0.15, -0.1) is 0 Å². The van der Waals surface area contributed by atoms with Crippen molar-refractivity contribution in [3.63, 3.8) is 0 Å². The van der Waals surface area contributed by atoms with E-state index in [9.17, 15) is 4.79 Å². The molecule has 0 bridgehead atoms. The highest BCUT2D eigenvalue weighted by Crippen LogP contribution is 2.11. The van der Waals surface area contributed by atoms with Crippen molar-refractivity contribution in [2.75, 3.05) is 13.2 Å². The van der Waals surface area contributed by atoms with E-state index in [0.29, 0.717) is 5.75 Å². The number of hydrogen-bond donors (Lipinski definition) is 1. The van der Waals surface area contributed by atoms with Gasteiger partial charge in [0.25, 0.3) is 5.91 Å². The van der Waals surface area contributed by atoms with Gasteiger partial charge in [0.2, 0.25) is 0 Å². The molecule has 0 spiro atoms. The molecule has 2 aromatic rings. The van der Waals surface area contributed by atoms with Gasteiger partial charge in [0, 0.05) is 0 Å². The summed E-state index contributed by atoms with van der Waals surface area (Å²) < 4.78 is 10.9. The first-order valence-electron chi connectivity index (χ1n) is 8.00. The van der Waals surface area contributed by atoms with Gasteiger partial charge in [0.15, 0.2) is 6.61 Å². The monoisotopic (exact) mass is 326 g/mol. The number of benzene rings is 2. The molecule has 5 heteroatoms. The molecule has 5 nitrogen and oxygen atoms in total. The summed E-state index contributed by atoms with van der Waals surface area (Å²) in [5.74, 6) is 1.17. The van der Waals surface area contributed by atoms with Crippen LogP contribution in [0.5, 0.6) is 11.5 Å². The van der Waals surface area contributed by atoms with Crippen LogP contribution in [0.4, 0.5) is 0 Å². The Bertz CT molecular complexity index is 639. The zero-order valence-corrected chi connectivity index (χ0v) is 13.8. The van der Waals surface area contributed by atoms with Crippen LogP contribution in [0.3, 0.4) is 0 Å². The molecule has 0 fully saturated rings. The quantitative estimate of drug-likeness (QED) is 0.436. The standard InChI is InChI=1S/C19H22N2O3/c1-2-3-13-23-18-11-9-16(10-12-18)14-20-21-19(22)15-24-17-7-5-4-6-8-17/h4-12,14H,2-3,13,15H2,1H3,(H,21,22)/b20-14+. The van der Waals surface area contributed by atoms with E-state index in [1.54, 1.807) is 18.3 Å². The summed E-state index contributed by atoms with van der Waals surface area (Å²) in [5.41, 5.74) is 3.31. The van der Waals surface area contributed by atoms with Crippen molar-refractivity contribution in [2.24, 2.45) is 5.10 Å². The fourth-order valence-corrected chi connectivity index (χ4v) is 1.86. The minimum absolute atomic E-state index is 0.0778. The van der Waals surface area contributed by atoms with Gasteiger partial charge in [0.05, 0.1) is 12.8 Å². The highest BCUT2D eigenvalue weighted by atomic mass is 16.5. The molecule has 2 aromatic carbocycles. The third-order valence-corrected chi connectivity index (χ3v) is 3.16. The number of para-hydroxylation sites is 1. The van der Waals surface area contributed by atoms with Gasteiger partial charge in [-0.05, 0) is 48.4 Å². The number of nitrogens with one attached hydrogen (secondary N) is 1. The van der Waals surface area contributed by atoms with Crippen molar-refractivity contribution >= 4 is 12.1 Å². The zero-order valence-electron chi connectivity index (χ0n) is 13.8. The van der Waals surface area contributed by atoms with Gasteiger partial charge >= 0.3 is 0 Å². The first-order chi connectivity index (χ1) is 11.8. The van der Waals surface area contributed by atoms with Crippen molar-refractivity contribution in [1.29, 1.82) is 0 Å². The normalized spacial score (nSPS) is 10.5. The Morgan fingerprint density at radius 3 is 2.46 bits per heavy atom. The average molecular weight is 326 g/mol. The predicted molar refractivity (Wildman–Crippen MR) is 94.5 cm³/mol. The third kappa shape index (κ3) is 6.52. The minimum atomic E-state index is -0.311. The summed E-state index contributed by atoms with van der Waals surface area (Å²) in [6.07, 6.45) is 3.73. The second kappa shape index (κ2) is 10.0. The van der Waals surface area contributed by atoms with Crippen LogP contribution < -0.4 is 14.9 Å². The number of amides is 1. The van der Waals surface area contributed by atoms with Gasteiger partial charge in [-0.25, -0.2) is 5.43 Å². The predicted octanol–water partition coefficient (Wildman–Crippen LogP) is 3.39. The zero-order chi connectivity index (χ0) is 17.0. The largest absolute Gasteiger partial charge is 0.494 e. The van der Waals surface area contributed by atoms with Crippen molar-refractivity contribution < 1.29 is 14.3 Å². The van der Waals surface area contributed by atoms with E-state index in [1.165, 1.54) is 0 Å². The Morgan fingerprint density at radius 1 is 1.04 bits per heavy atom. The summed E-state index contributed by atoms with van der Waals surface area (Å²) >= 11 is 0. The van der Waals surface area contributed by atoms with E-state index in [4.69, 9.17) is 9.47 Å². The topological polar surface area (TPSA) is 59.9 Å². The first-order valence-corrected chi connectivity index (χ1v) is 8.00. The van der Waals surface area contributed by atoms with Crippen LogP contribution >= 0.6 is 0 Å². The van der Waals surface area contributed by atoms with Crippen LogP contribution in [0, 0.1) is 0 Å². The summed E-state index contributed by atoms with van der Waals surface area (Å²) in [7, 11) is 0. The molecule has 126 valence electrons. The molecule has 1 N–H and O–H groups in total. The van der Waals surface area contributed by atoms with Crippen molar-refractivity contribution in [2.45, 2.75) is 19.8 Å². The number of hydrazone groups is 1. The first kappa shape index (κ1) is 17.5. The lowest BCUT2D eigenvalue weighted by atomic mass is 10.2. The second-order valence-electron chi connectivity index (χ2n) is 5.17. The number of unbranched alkanes of at least 4 members (excludes halogenated alkanes) is 1. The van der Waals surface area contributed by atoms with E-state index in [0.717, 1.165) is 30.8 Å². The molecule has 0 aliphatic heterocycles. The number of nitrogens with zero attached hydrogens (tertiary/aromatic N) is 1. The maximum absolute atomic E-state index is 11.6. The second-order valence-corrected chi connectivity index (χ2v) is 5.17. The molecule has 0 radical (unpaired) electrons. The van der Waals surface area contributed by atoms with Crippen LogP contribution in [0.2, 0.25) is 0 Å². The maximum Gasteiger partial charge on any atom is 0.277 e. The lowest BCUT2D eigenvalue weighted by Gasteiger charge is -2.05. The van der Waals surface area contributed by atoms with Crippen LogP contribution in [0.25, 0.3) is 0 Å². The maximum atomic E-state index is 11.6. The molecule has 2 rings (SSSR count). The molecule has 24 heavy (non-hydrogen) atoms. The Morgan fingerprint density at radius 2 is 1.75 bits per heavy atom. The van der Waals surface area contributed by atoms with Crippen molar-refractivity contribution in [1.82, 2.24) is 5.43 Å². The highest BCUT2D eigenvalue weighted by Gasteiger charge is 2.00. The van der Waals surface area contributed by atoms with E-state index >= 15 is 0 Å². The molecule has 0 heterocycles. The number of rotatable bonds is 9. The van der Waals surface area contributed by atoms with E-state index in [-0.39, 0.29) is 12.5 Å². The number of carbonyl (C=O) groups excluding carboxylic acids is 1. The number of ether oxygens (including phenoxy) is 2. The molecule has 0 saturated heterocycles. The van der Waals surface area contributed by atoms with Crippen LogP contribution in [0.15, 0.2) is 59.7 Å². The molecule has 0 aromatic heterocycles. The molecular formula is C19H22N2O3. The Balaban J connectivity index is 1.71. The molecule has 0 aliphatic carbocycles. The Hall–Kier alpha value is -2.82. The minimum Gasteiger partial charge on any atom is -0.494 e. The van der Waals surface area contributed by atoms with Crippen molar-refractivity contribution in [3.8, 4) is 11.5 Å². The molecule has 0 unspecified atom stereocenters. The van der Waals surface area contributed by atoms with Crippen LogP contribution in [-0.2, 0) is 4.79 Å². The number of carbonyl (C=O) groups is 1. The van der Waals surface area contributed by atoms with Gasteiger partial charge in [-0.2, -0.15) is 5.10 Å². The van der Waals surface area contributed by atoms with Crippen molar-refractivity contribution in [3.05, 3.63) is 60.2 Å². The number of hydrogen-bond acceptors (Lipinski definition) is 4. The fourth-order valence-electron chi connectivity index (χ4n) is 1.86. The molecule has 1 amide bonds. The summed E-state index contributed by atoms with van der Waals surface area (Å²) in [4.78, 5) is 11.6. The van der Waals surface area contributed by atoms with Gasteiger partial charge in [0.1, 0.15) is 11.5 Å². The molecule has 0 atom stereocenters. The molecule has 0 saturated carbocycles. The Kier molecular flexibility index (Phi) is 7.34. The van der Waals surface area contributed by atoms with Gasteiger partial charge in [-0.3, -0.25) is 4.79 Å². The Labute approximate surface area is 142 Å². The van der Waals surface area contributed by atoms with E-state index in [1.807, 2.05) is 42.5 Å². The SMILES string of the molecule is CCCCOc1ccc(/C=N/NC(=O)COc2ccccc2)cc1. The summed E-state index contributed by atoms with van der Waals surface area (Å²) in [6, 6.07) is 16.7.